The number of aliphatic hydroxyl groups excluding tert-OH is 2. The molecule has 0 amide bonds. The van der Waals surface area contributed by atoms with Crippen molar-refractivity contribution in [2.75, 3.05) is 6.61 Å². The molecule has 3 aromatic rings. The molecule has 2 N–H and O–H groups in total. The van der Waals surface area contributed by atoms with E-state index in [1.807, 2.05) is 91.0 Å². The maximum Gasteiger partial charge on any atom is 0.164 e. The van der Waals surface area contributed by atoms with Crippen molar-refractivity contribution in [2.24, 2.45) is 0 Å². The average Bonchev–Trinajstić information content (AvgIpc) is 3.21. The van der Waals surface area contributed by atoms with Crippen LogP contribution in [0.1, 0.15) is 30.5 Å². The van der Waals surface area contributed by atoms with Crippen molar-refractivity contribution < 1.29 is 24.4 Å². The average molecular weight is 459 g/mol. The molecular formula is C29H30O5. The summed E-state index contributed by atoms with van der Waals surface area (Å²) in [5.74, 6) is 1.28. The topological polar surface area (TPSA) is 68.2 Å². The van der Waals surface area contributed by atoms with Crippen LogP contribution >= 0.6 is 0 Å². The molecule has 5 nitrogen and oxygen atoms in total. The van der Waals surface area contributed by atoms with Gasteiger partial charge < -0.3 is 24.4 Å². The molecule has 4 rings (SSSR count). The highest BCUT2D eigenvalue weighted by Gasteiger charge is 2.48. The zero-order chi connectivity index (χ0) is 24.2. The third-order valence-corrected chi connectivity index (χ3v) is 6.04. The molecule has 5 heteroatoms. The molecule has 3 aromatic carbocycles. The standard InChI is InChI=1S/C29H30O5/c1-4-24(30)26-27(34-28(2,3)33-26)25(31)20-32-29(21-14-8-5-9-15-21,22-16-10-6-11-17-22)23-18-12-7-13-19-23/h1,5-19,24-27,30-31H,20H2,2-3H3/t24?,25?,26-,27+/m0/s1. The zero-order valence-corrected chi connectivity index (χ0v) is 19.4. The Bertz CT molecular complexity index is 995. The van der Waals surface area contributed by atoms with Crippen molar-refractivity contribution >= 4 is 0 Å². The zero-order valence-electron chi connectivity index (χ0n) is 19.4. The van der Waals surface area contributed by atoms with Crippen LogP contribution in [0.4, 0.5) is 0 Å². The second-order valence-electron chi connectivity index (χ2n) is 8.83. The summed E-state index contributed by atoms with van der Waals surface area (Å²) in [7, 11) is 0. The Kier molecular flexibility index (Phi) is 7.18. The van der Waals surface area contributed by atoms with Gasteiger partial charge in [-0.2, -0.15) is 0 Å². The smallest absolute Gasteiger partial charge is 0.164 e. The van der Waals surface area contributed by atoms with Gasteiger partial charge in [-0.15, -0.1) is 6.42 Å². The Morgan fingerprint density at radius 1 is 0.824 bits per heavy atom. The van der Waals surface area contributed by atoms with Gasteiger partial charge in [-0.05, 0) is 30.5 Å². The summed E-state index contributed by atoms with van der Waals surface area (Å²) < 4.78 is 18.4. The lowest BCUT2D eigenvalue weighted by atomic mass is 9.80. The maximum atomic E-state index is 11.2. The third kappa shape index (κ3) is 4.78. The third-order valence-electron chi connectivity index (χ3n) is 6.04. The van der Waals surface area contributed by atoms with Gasteiger partial charge in [-0.3, -0.25) is 0 Å². The van der Waals surface area contributed by atoms with E-state index < -0.39 is 35.8 Å². The number of rotatable bonds is 8. The molecule has 1 heterocycles. The van der Waals surface area contributed by atoms with Crippen molar-refractivity contribution in [1.82, 2.24) is 0 Å². The van der Waals surface area contributed by atoms with Crippen LogP contribution in [0.15, 0.2) is 91.0 Å². The molecule has 0 spiro atoms. The van der Waals surface area contributed by atoms with E-state index >= 15 is 0 Å². The normalized spacial score (nSPS) is 21.5. The fourth-order valence-corrected chi connectivity index (χ4v) is 4.53. The molecule has 0 aromatic heterocycles. The van der Waals surface area contributed by atoms with Crippen LogP contribution in [0.3, 0.4) is 0 Å². The summed E-state index contributed by atoms with van der Waals surface area (Å²) in [6.07, 6.45) is 1.36. The van der Waals surface area contributed by atoms with Crippen molar-refractivity contribution in [3.63, 3.8) is 0 Å². The summed E-state index contributed by atoms with van der Waals surface area (Å²) in [5, 5.41) is 21.5. The van der Waals surface area contributed by atoms with Crippen LogP contribution in [0.5, 0.6) is 0 Å². The Balaban J connectivity index is 1.73. The van der Waals surface area contributed by atoms with E-state index in [1.165, 1.54) is 0 Å². The van der Waals surface area contributed by atoms with Gasteiger partial charge in [0.15, 0.2) is 5.79 Å². The Morgan fingerprint density at radius 2 is 1.24 bits per heavy atom. The van der Waals surface area contributed by atoms with Gasteiger partial charge in [-0.25, -0.2) is 0 Å². The number of benzene rings is 3. The second-order valence-corrected chi connectivity index (χ2v) is 8.83. The van der Waals surface area contributed by atoms with Crippen molar-refractivity contribution in [3.8, 4) is 12.3 Å². The minimum atomic E-state index is -1.22. The van der Waals surface area contributed by atoms with Gasteiger partial charge in [0.05, 0.1) is 6.61 Å². The maximum absolute atomic E-state index is 11.2. The predicted molar refractivity (Wildman–Crippen MR) is 130 cm³/mol. The molecule has 1 aliphatic rings. The van der Waals surface area contributed by atoms with Gasteiger partial charge in [0.2, 0.25) is 0 Å². The largest absolute Gasteiger partial charge is 0.388 e. The lowest BCUT2D eigenvalue weighted by molar-refractivity contribution is -0.163. The van der Waals surface area contributed by atoms with Gasteiger partial charge in [0.25, 0.3) is 0 Å². The van der Waals surface area contributed by atoms with E-state index in [9.17, 15) is 10.2 Å². The SMILES string of the molecule is C#CC(O)[C@@H]1OC(C)(C)O[C@@H]1C(O)COC(c1ccccc1)(c1ccccc1)c1ccccc1. The first-order valence-corrected chi connectivity index (χ1v) is 11.4. The first-order valence-electron chi connectivity index (χ1n) is 11.4. The minimum Gasteiger partial charge on any atom is -0.388 e. The lowest BCUT2D eigenvalue weighted by Crippen LogP contribution is -2.45. The van der Waals surface area contributed by atoms with E-state index in [0.29, 0.717) is 0 Å². The van der Waals surface area contributed by atoms with Crippen LogP contribution in [-0.2, 0) is 19.8 Å². The van der Waals surface area contributed by atoms with Gasteiger partial charge >= 0.3 is 0 Å². The predicted octanol–water partition coefficient (Wildman–Crippen LogP) is 3.87. The highest BCUT2D eigenvalue weighted by atomic mass is 16.8. The van der Waals surface area contributed by atoms with Gasteiger partial charge in [-0.1, -0.05) is 96.9 Å². The monoisotopic (exact) mass is 458 g/mol. The molecule has 176 valence electrons. The molecular weight excluding hydrogens is 428 g/mol. The van der Waals surface area contributed by atoms with Crippen molar-refractivity contribution in [2.45, 2.75) is 49.7 Å². The molecule has 0 aliphatic carbocycles. The highest BCUT2D eigenvalue weighted by Crippen LogP contribution is 2.41. The summed E-state index contributed by atoms with van der Waals surface area (Å²) in [5.41, 5.74) is 1.77. The first kappa shape index (κ1) is 24.2. The lowest BCUT2D eigenvalue weighted by Gasteiger charge is -2.37. The molecule has 1 aliphatic heterocycles. The van der Waals surface area contributed by atoms with Crippen molar-refractivity contribution in [1.29, 1.82) is 0 Å². The highest BCUT2D eigenvalue weighted by molar-refractivity contribution is 5.47. The Labute approximate surface area is 200 Å². The number of terminal acetylenes is 1. The number of ether oxygens (including phenoxy) is 3. The molecule has 0 radical (unpaired) electrons. The number of hydrogen-bond donors (Lipinski definition) is 2. The van der Waals surface area contributed by atoms with E-state index in [-0.39, 0.29) is 6.61 Å². The van der Waals surface area contributed by atoms with E-state index in [2.05, 4.69) is 5.92 Å². The Hall–Kier alpha value is -2.98. The second kappa shape index (κ2) is 10.1. The Morgan fingerprint density at radius 3 is 1.65 bits per heavy atom. The molecule has 0 bridgehead atoms. The van der Waals surface area contributed by atoms with Crippen LogP contribution in [-0.4, -0.2) is 47.0 Å². The molecule has 1 saturated heterocycles. The fourth-order valence-electron chi connectivity index (χ4n) is 4.53. The first-order chi connectivity index (χ1) is 16.4. The van der Waals surface area contributed by atoms with Crippen LogP contribution in [0, 0.1) is 12.3 Å². The van der Waals surface area contributed by atoms with Crippen LogP contribution < -0.4 is 0 Å². The van der Waals surface area contributed by atoms with E-state index in [0.717, 1.165) is 16.7 Å². The van der Waals surface area contributed by atoms with Gasteiger partial charge in [0, 0.05) is 0 Å². The molecule has 34 heavy (non-hydrogen) atoms. The van der Waals surface area contributed by atoms with Crippen LogP contribution in [0.25, 0.3) is 0 Å². The van der Waals surface area contributed by atoms with Crippen molar-refractivity contribution in [3.05, 3.63) is 108 Å². The summed E-state index contributed by atoms with van der Waals surface area (Å²) in [6, 6.07) is 29.7. The molecule has 4 atom stereocenters. The number of hydrogen-bond acceptors (Lipinski definition) is 5. The molecule has 1 fully saturated rings. The summed E-state index contributed by atoms with van der Waals surface area (Å²) in [6.45, 7) is 3.36. The van der Waals surface area contributed by atoms with E-state index in [1.54, 1.807) is 13.8 Å². The summed E-state index contributed by atoms with van der Waals surface area (Å²) in [4.78, 5) is 0. The van der Waals surface area contributed by atoms with Crippen LogP contribution in [0.2, 0.25) is 0 Å². The quantitative estimate of drug-likeness (QED) is 0.396. The minimum absolute atomic E-state index is 0.0867. The fraction of sp³-hybridized carbons (Fsp3) is 0.310. The van der Waals surface area contributed by atoms with E-state index in [4.69, 9.17) is 20.6 Å². The van der Waals surface area contributed by atoms with Gasteiger partial charge in [0.1, 0.15) is 30.0 Å². The molecule has 2 unspecified atom stereocenters. The summed E-state index contributed by atoms with van der Waals surface area (Å²) >= 11 is 0. The number of aliphatic hydroxyl groups is 2. The molecule has 0 saturated carbocycles.